The van der Waals surface area contributed by atoms with E-state index in [9.17, 15) is 9.59 Å². The molecule has 1 saturated heterocycles. The molecule has 44 heavy (non-hydrogen) atoms. The predicted octanol–water partition coefficient (Wildman–Crippen LogP) is 7.51. The molecule has 1 fully saturated rings. The Kier molecular flexibility index (Phi) is 10.1. The van der Waals surface area contributed by atoms with E-state index in [-0.39, 0.29) is 17.9 Å². The number of carbonyl (C=O) groups is 2. The van der Waals surface area contributed by atoms with Crippen LogP contribution in [0.2, 0.25) is 0 Å². The molecule has 9 heteroatoms. The van der Waals surface area contributed by atoms with Crippen molar-refractivity contribution in [2.45, 2.75) is 25.7 Å². The molecule has 1 aliphatic rings. The second-order valence-corrected chi connectivity index (χ2v) is 11.3. The van der Waals surface area contributed by atoms with Gasteiger partial charge in [-0.2, -0.15) is 0 Å². The van der Waals surface area contributed by atoms with Gasteiger partial charge in [0.2, 0.25) is 5.91 Å². The lowest BCUT2D eigenvalue weighted by Crippen LogP contribution is -2.39. The lowest BCUT2D eigenvalue weighted by atomic mass is 10.1. The highest BCUT2D eigenvalue weighted by molar-refractivity contribution is 9.10. The van der Waals surface area contributed by atoms with Crippen LogP contribution in [0.1, 0.15) is 35.2 Å². The summed E-state index contributed by atoms with van der Waals surface area (Å²) < 4.78 is 16.3. The summed E-state index contributed by atoms with van der Waals surface area (Å²) in [6.07, 6.45) is 3.48. The minimum Gasteiger partial charge on any atom is -0.497 e. The Labute approximate surface area is 266 Å². The fraction of sp³-hybridized carbons (Fsp3) is 0.257. The largest absolute Gasteiger partial charge is 0.497 e. The number of nitrogens with one attached hydrogen (secondary N) is 1. The zero-order valence-electron chi connectivity index (χ0n) is 25.1. The Morgan fingerprint density at radius 3 is 2.14 bits per heavy atom. The van der Waals surface area contributed by atoms with E-state index in [1.165, 1.54) is 20.6 Å². The first kappa shape index (κ1) is 30.9. The van der Waals surface area contributed by atoms with Crippen molar-refractivity contribution in [1.82, 2.24) is 0 Å². The lowest BCUT2D eigenvalue weighted by Gasteiger charge is -2.34. The molecule has 0 saturated carbocycles. The van der Waals surface area contributed by atoms with Gasteiger partial charge >= 0.3 is 5.97 Å². The molecular weight excluding hydrogens is 622 g/mol. The maximum absolute atomic E-state index is 14.2. The van der Waals surface area contributed by atoms with Crippen LogP contribution >= 0.6 is 15.9 Å². The first-order chi connectivity index (χ1) is 21.4. The maximum atomic E-state index is 14.2. The molecule has 228 valence electrons. The number of anilines is 3. The summed E-state index contributed by atoms with van der Waals surface area (Å²) >= 11 is 3.55. The quantitative estimate of drug-likeness (QED) is 0.140. The van der Waals surface area contributed by atoms with E-state index in [1.807, 2.05) is 66.7 Å². The van der Waals surface area contributed by atoms with E-state index in [4.69, 9.17) is 14.2 Å². The van der Waals surface area contributed by atoms with Gasteiger partial charge in [-0.25, -0.2) is 9.80 Å². The number of nitrogens with zero attached hydrogens (tertiary/aromatic N) is 2. The van der Waals surface area contributed by atoms with Crippen LogP contribution in [-0.4, -0.2) is 46.3 Å². The van der Waals surface area contributed by atoms with Crippen molar-refractivity contribution in [2.75, 3.05) is 49.8 Å². The monoisotopic (exact) mass is 657 g/mol. The Bertz CT molecular complexity index is 1600. The van der Waals surface area contributed by atoms with Gasteiger partial charge in [-0.1, -0.05) is 52.3 Å². The number of esters is 1. The molecule has 5 rings (SSSR count). The Balaban J connectivity index is 1.48. The van der Waals surface area contributed by atoms with Crippen LogP contribution in [0.4, 0.5) is 17.1 Å². The molecule has 0 unspecified atom stereocenters. The van der Waals surface area contributed by atoms with Crippen LogP contribution in [0.5, 0.6) is 11.5 Å². The molecule has 1 amide bonds. The topological polar surface area (TPSA) is 80.3 Å². The molecule has 4 aromatic carbocycles. The number of ether oxygens (including phenoxy) is 3. The fourth-order valence-electron chi connectivity index (χ4n) is 5.37. The predicted molar refractivity (Wildman–Crippen MR) is 178 cm³/mol. The summed E-state index contributed by atoms with van der Waals surface area (Å²) in [5.41, 5.74) is 9.00. The fourth-order valence-corrected chi connectivity index (χ4v) is 5.86. The highest BCUT2D eigenvalue weighted by atomic mass is 79.9. The number of benzene rings is 4. The van der Waals surface area contributed by atoms with Gasteiger partial charge in [0.25, 0.3) is 0 Å². The second kappa shape index (κ2) is 14.3. The van der Waals surface area contributed by atoms with Gasteiger partial charge < -0.3 is 19.1 Å². The van der Waals surface area contributed by atoms with E-state index in [1.54, 1.807) is 24.3 Å². The molecule has 1 N–H and O–H groups in total. The molecule has 0 aliphatic carbocycles. The van der Waals surface area contributed by atoms with Crippen LogP contribution in [0.25, 0.3) is 11.1 Å². The molecule has 0 aromatic heterocycles. The second-order valence-electron chi connectivity index (χ2n) is 10.5. The Morgan fingerprint density at radius 1 is 0.841 bits per heavy atom. The summed E-state index contributed by atoms with van der Waals surface area (Å²) in [6.45, 7) is 1.88. The molecular formula is C35H36BrN3O5. The lowest BCUT2D eigenvalue weighted by molar-refractivity contribution is -0.117. The van der Waals surface area contributed by atoms with E-state index in [2.05, 4.69) is 32.3 Å². The first-order valence-corrected chi connectivity index (χ1v) is 15.3. The van der Waals surface area contributed by atoms with Crippen molar-refractivity contribution < 1.29 is 23.8 Å². The Hall–Kier alpha value is -4.50. The summed E-state index contributed by atoms with van der Waals surface area (Å²) in [5, 5.41) is 1.62. The summed E-state index contributed by atoms with van der Waals surface area (Å²) in [5.74, 6) is 0.447. The number of halogens is 1. The summed E-state index contributed by atoms with van der Waals surface area (Å²) in [7, 11) is 4.46. The van der Waals surface area contributed by atoms with Gasteiger partial charge in [0.15, 0.2) is 0 Å². The summed E-state index contributed by atoms with van der Waals surface area (Å²) in [4.78, 5) is 28.8. The van der Waals surface area contributed by atoms with Crippen LogP contribution in [0.3, 0.4) is 0 Å². The standard InChI is InChI=1S/C35H36BrN3O5/c1-42-28-17-13-25(14-18-28)24-11-15-27(16-12-24)37-39(32-10-6-5-9-31(32)38-19-7-4-8-20-38)34(40)22-26-21-33(43-2)29(23-30(26)36)35(41)44-3/h5-6,9-18,21,23,37H,4,7-8,19-20,22H2,1-3H3. The molecule has 0 radical (unpaired) electrons. The van der Waals surface area contributed by atoms with Crippen molar-refractivity contribution in [3.63, 3.8) is 0 Å². The normalized spacial score (nSPS) is 12.8. The minimum absolute atomic E-state index is 0.0453. The molecule has 0 spiro atoms. The van der Waals surface area contributed by atoms with Gasteiger partial charge in [-0.05, 0) is 84.5 Å². The van der Waals surface area contributed by atoms with E-state index in [0.717, 1.165) is 59.9 Å². The number of hydrazine groups is 1. The molecule has 0 atom stereocenters. The number of carbonyl (C=O) groups excluding carboxylic acids is 2. The van der Waals surface area contributed by atoms with Crippen LogP contribution in [-0.2, 0) is 16.0 Å². The Morgan fingerprint density at radius 2 is 1.50 bits per heavy atom. The van der Waals surface area contributed by atoms with Gasteiger partial charge in [0.1, 0.15) is 17.1 Å². The van der Waals surface area contributed by atoms with Gasteiger partial charge in [0, 0.05) is 17.6 Å². The minimum atomic E-state index is -0.516. The average Bonchev–Trinajstić information content (AvgIpc) is 3.08. The van der Waals surface area contributed by atoms with E-state index >= 15 is 0 Å². The van der Waals surface area contributed by atoms with Crippen molar-refractivity contribution in [2.24, 2.45) is 0 Å². The molecule has 4 aromatic rings. The molecule has 1 aliphatic heterocycles. The number of rotatable bonds is 10. The van der Waals surface area contributed by atoms with Crippen molar-refractivity contribution >= 4 is 44.9 Å². The smallest absolute Gasteiger partial charge is 0.341 e. The maximum Gasteiger partial charge on any atom is 0.341 e. The highest BCUT2D eigenvalue weighted by Crippen LogP contribution is 2.34. The van der Waals surface area contributed by atoms with Gasteiger partial charge in [-0.15, -0.1) is 0 Å². The van der Waals surface area contributed by atoms with Crippen LogP contribution in [0.15, 0.2) is 89.4 Å². The SMILES string of the molecule is COC(=O)c1cc(Br)c(CC(=O)N(Nc2ccc(-c3ccc(OC)cc3)cc2)c2ccccc2N2CCCCC2)cc1OC. The number of hydrogen-bond acceptors (Lipinski definition) is 7. The number of para-hydroxylation sites is 2. The third-order valence-corrected chi connectivity index (χ3v) is 8.47. The van der Waals surface area contributed by atoms with Gasteiger partial charge in [0.05, 0.1) is 44.8 Å². The first-order valence-electron chi connectivity index (χ1n) is 14.5. The van der Waals surface area contributed by atoms with Crippen molar-refractivity contribution in [1.29, 1.82) is 0 Å². The number of methoxy groups -OCH3 is 3. The third-order valence-electron chi connectivity index (χ3n) is 7.73. The van der Waals surface area contributed by atoms with Gasteiger partial charge in [-0.3, -0.25) is 10.2 Å². The van der Waals surface area contributed by atoms with Crippen molar-refractivity contribution in [3.05, 3.63) is 101 Å². The third kappa shape index (κ3) is 7.00. The number of piperidine rings is 1. The van der Waals surface area contributed by atoms with Crippen molar-refractivity contribution in [3.8, 4) is 22.6 Å². The number of amides is 1. The number of hydrogen-bond donors (Lipinski definition) is 1. The molecule has 8 nitrogen and oxygen atoms in total. The molecule has 0 bridgehead atoms. The average molecular weight is 659 g/mol. The summed E-state index contributed by atoms with van der Waals surface area (Å²) in [6, 6.07) is 27.2. The highest BCUT2D eigenvalue weighted by Gasteiger charge is 2.25. The zero-order valence-corrected chi connectivity index (χ0v) is 26.7. The zero-order chi connectivity index (χ0) is 31.1. The van der Waals surface area contributed by atoms with Crippen LogP contribution < -0.4 is 24.8 Å². The molecule has 1 heterocycles. The van der Waals surface area contributed by atoms with Crippen LogP contribution in [0, 0.1) is 0 Å². The van der Waals surface area contributed by atoms with E-state index in [0.29, 0.717) is 15.8 Å². The van der Waals surface area contributed by atoms with E-state index < -0.39 is 5.97 Å².